The number of carbonyl (C=O) groups excluding carboxylic acids is 1. The van der Waals surface area contributed by atoms with E-state index in [2.05, 4.69) is 41.4 Å². The molecular weight excluding hydrogens is 386 g/mol. The Bertz CT molecular complexity index is 828. The molecule has 1 amide bonds. The summed E-state index contributed by atoms with van der Waals surface area (Å²) in [5.74, 6) is 1.29. The molecule has 0 unspecified atom stereocenters. The normalized spacial score (nSPS) is 19.3. The van der Waals surface area contributed by atoms with Crippen molar-refractivity contribution in [3.05, 3.63) is 58.6 Å². The Kier molecular flexibility index (Phi) is 7.40. The van der Waals surface area contributed by atoms with Crippen molar-refractivity contribution in [2.45, 2.75) is 26.8 Å². The number of hydrogen-bond acceptors (Lipinski definition) is 4. The van der Waals surface area contributed by atoms with Gasteiger partial charge in [-0.1, -0.05) is 55.3 Å². The van der Waals surface area contributed by atoms with Gasteiger partial charge in [0.15, 0.2) is 0 Å². The fourth-order valence-corrected chi connectivity index (χ4v) is 4.20. The van der Waals surface area contributed by atoms with Crippen molar-refractivity contribution in [2.75, 3.05) is 32.0 Å². The Morgan fingerprint density at radius 2 is 1.93 bits per heavy atom. The molecule has 1 aliphatic heterocycles. The monoisotopic (exact) mass is 415 g/mol. The minimum atomic E-state index is -0.174. The van der Waals surface area contributed by atoms with E-state index in [1.165, 1.54) is 5.56 Å². The lowest BCUT2D eigenvalue weighted by atomic mass is 9.93. The first-order valence-electron chi connectivity index (χ1n) is 10.3. The highest BCUT2D eigenvalue weighted by Gasteiger charge is 2.31. The third-order valence-electron chi connectivity index (χ3n) is 5.59. The number of nitrogens with one attached hydrogen (secondary N) is 1. The molecule has 0 saturated carbocycles. The smallest absolute Gasteiger partial charge is 0.255 e. The highest BCUT2D eigenvalue weighted by Crippen LogP contribution is 2.30. The third-order valence-corrected chi connectivity index (χ3v) is 5.92. The van der Waals surface area contributed by atoms with Gasteiger partial charge in [-0.2, -0.15) is 0 Å². The summed E-state index contributed by atoms with van der Waals surface area (Å²) in [6, 6.07) is 13.7. The molecule has 2 aromatic carbocycles. The molecule has 3 rings (SSSR count). The zero-order valence-corrected chi connectivity index (χ0v) is 17.9. The number of benzene rings is 2. The molecule has 156 valence electrons. The van der Waals surface area contributed by atoms with E-state index < -0.39 is 0 Å². The number of rotatable bonds is 8. The van der Waals surface area contributed by atoms with E-state index in [0.717, 1.165) is 26.1 Å². The van der Waals surface area contributed by atoms with Gasteiger partial charge in [-0.25, -0.2) is 0 Å². The molecule has 5 nitrogen and oxygen atoms in total. The lowest BCUT2D eigenvalue weighted by molar-refractivity contribution is 0.0940. The van der Waals surface area contributed by atoms with E-state index in [1.54, 1.807) is 12.1 Å². The van der Waals surface area contributed by atoms with E-state index in [-0.39, 0.29) is 5.91 Å². The molecule has 29 heavy (non-hydrogen) atoms. The second-order valence-electron chi connectivity index (χ2n) is 7.62. The average Bonchev–Trinajstić information content (AvgIpc) is 3.11. The minimum absolute atomic E-state index is 0.174. The van der Waals surface area contributed by atoms with E-state index >= 15 is 0 Å². The van der Waals surface area contributed by atoms with Crippen LogP contribution in [0.4, 0.5) is 5.69 Å². The van der Waals surface area contributed by atoms with Crippen LogP contribution in [0.25, 0.3) is 0 Å². The molecule has 0 aromatic heterocycles. The summed E-state index contributed by atoms with van der Waals surface area (Å²) >= 11 is 6.13. The zero-order valence-electron chi connectivity index (χ0n) is 17.2. The maximum absolute atomic E-state index is 12.8. The van der Waals surface area contributed by atoms with Crippen LogP contribution in [0.3, 0.4) is 0 Å². The molecule has 0 spiro atoms. The highest BCUT2D eigenvalue weighted by molar-refractivity contribution is 6.33. The number of nitrogen functional groups attached to an aromatic ring is 1. The molecule has 2 aromatic rings. The second-order valence-corrected chi connectivity index (χ2v) is 8.03. The maximum Gasteiger partial charge on any atom is 0.255 e. The largest absolute Gasteiger partial charge is 0.493 e. The van der Waals surface area contributed by atoms with Crippen LogP contribution >= 0.6 is 11.6 Å². The number of nitrogens with zero attached hydrogens (tertiary/aromatic N) is 1. The van der Waals surface area contributed by atoms with Crippen LogP contribution < -0.4 is 15.8 Å². The van der Waals surface area contributed by atoms with Gasteiger partial charge < -0.3 is 15.8 Å². The van der Waals surface area contributed by atoms with Gasteiger partial charge >= 0.3 is 0 Å². The number of carbonyl (C=O) groups is 1. The van der Waals surface area contributed by atoms with Crippen molar-refractivity contribution in [3.63, 3.8) is 0 Å². The summed E-state index contributed by atoms with van der Waals surface area (Å²) in [6.07, 6.45) is 1.10. The van der Waals surface area contributed by atoms with Gasteiger partial charge in [0.05, 0.1) is 22.9 Å². The van der Waals surface area contributed by atoms with Gasteiger partial charge in [0.25, 0.3) is 5.91 Å². The van der Waals surface area contributed by atoms with Crippen LogP contribution in [0.5, 0.6) is 5.75 Å². The van der Waals surface area contributed by atoms with Gasteiger partial charge in [0.2, 0.25) is 0 Å². The number of likely N-dealkylation sites (tertiary alicyclic amines) is 1. The van der Waals surface area contributed by atoms with E-state index in [1.807, 2.05) is 13.0 Å². The van der Waals surface area contributed by atoms with Crippen molar-refractivity contribution in [3.8, 4) is 5.75 Å². The van der Waals surface area contributed by atoms with E-state index in [9.17, 15) is 4.79 Å². The lowest BCUT2D eigenvalue weighted by Gasteiger charge is -2.18. The summed E-state index contributed by atoms with van der Waals surface area (Å²) in [5.41, 5.74) is 8.02. The molecule has 3 N–H and O–H groups in total. The molecule has 0 bridgehead atoms. The second kappa shape index (κ2) is 9.99. The topological polar surface area (TPSA) is 67.6 Å². The Balaban J connectivity index is 1.62. The van der Waals surface area contributed by atoms with Crippen LogP contribution in [0.2, 0.25) is 5.02 Å². The highest BCUT2D eigenvalue weighted by atomic mass is 35.5. The molecule has 1 aliphatic rings. The van der Waals surface area contributed by atoms with Gasteiger partial charge in [-0.3, -0.25) is 9.69 Å². The molecule has 0 aliphatic carbocycles. The lowest BCUT2D eigenvalue weighted by Crippen LogP contribution is -2.33. The predicted octanol–water partition coefficient (Wildman–Crippen LogP) is 4.21. The quantitative estimate of drug-likeness (QED) is 0.634. The van der Waals surface area contributed by atoms with Crippen LogP contribution in [0.1, 0.15) is 36.2 Å². The van der Waals surface area contributed by atoms with Gasteiger partial charge in [-0.05, 0) is 30.4 Å². The van der Waals surface area contributed by atoms with Crippen molar-refractivity contribution in [1.29, 1.82) is 0 Å². The van der Waals surface area contributed by atoms with Crippen LogP contribution in [0, 0.1) is 11.8 Å². The first-order chi connectivity index (χ1) is 14.0. The Labute approximate surface area is 178 Å². The van der Waals surface area contributed by atoms with Crippen LogP contribution in [0.15, 0.2) is 42.5 Å². The van der Waals surface area contributed by atoms with E-state index in [4.69, 9.17) is 22.1 Å². The fourth-order valence-electron chi connectivity index (χ4n) is 4.04. The van der Waals surface area contributed by atoms with Crippen LogP contribution in [-0.4, -0.2) is 37.0 Å². The zero-order chi connectivity index (χ0) is 20.8. The number of ether oxygens (including phenoxy) is 1. The number of hydrogen-bond donors (Lipinski definition) is 2. The molecule has 6 heteroatoms. The molecule has 0 radical (unpaired) electrons. The summed E-state index contributed by atoms with van der Waals surface area (Å²) in [7, 11) is 0. The van der Waals surface area contributed by atoms with Crippen molar-refractivity contribution in [1.82, 2.24) is 10.2 Å². The van der Waals surface area contributed by atoms with Crippen LogP contribution in [-0.2, 0) is 6.54 Å². The summed E-state index contributed by atoms with van der Waals surface area (Å²) < 4.78 is 5.58. The summed E-state index contributed by atoms with van der Waals surface area (Å²) in [4.78, 5) is 15.3. The van der Waals surface area contributed by atoms with Gasteiger partial charge in [-0.15, -0.1) is 0 Å². The Morgan fingerprint density at radius 3 is 2.62 bits per heavy atom. The molecule has 1 saturated heterocycles. The first kappa shape index (κ1) is 21.5. The minimum Gasteiger partial charge on any atom is -0.493 e. The summed E-state index contributed by atoms with van der Waals surface area (Å²) in [6.45, 7) is 8.17. The average molecular weight is 416 g/mol. The van der Waals surface area contributed by atoms with Gasteiger partial charge in [0.1, 0.15) is 5.75 Å². The molecule has 2 atom stereocenters. The Hall–Kier alpha value is -2.24. The number of anilines is 1. The number of halogens is 1. The van der Waals surface area contributed by atoms with E-state index in [0.29, 0.717) is 47.0 Å². The number of amides is 1. The van der Waals surface area contributed by atoms with Gasteiger partial charge in [0, 0.05) is 32.2 Å². The Morgan fingerprint density at radius 1 is 1.21 bits per heavy atom. The molecular formula is C23H30ClN3O2. The number of nitrogens with two attached hydrogens (primary N) is 1. The van der Waals surface area contributed by atoms with Crippen molar-refractivity contribution < 1.29 is 9.53 Å². The molecule has 1 fully saturated rings. The summed E-state index contributed by atoms with van der Waals surface area (Å²) in [5, 5.41) is 3.45. The van der Waals surface area contributed by atoms with Crippen molar-refractivity contribution in [2.24, 2.45) is 11.8 Å². The maximum atomic E-state index is 12.8. The van der Waals surface area contributed by atoms with Crippen molar-refractivity contribution >= 4 is 23.2 Å². The third kappa shape index (κ3) is 5.43. The first-order valence-corrected chi connectivity index (χ1v) is 10.7. The SMILES string of the molecule is CCOc1cc(N)c(Cl)cc1C(=O)NC[C@@H]1CN(Cc2ccccc2)C[C@H]1CC. The standard InChI is InChI=1S/C23H30ClN3O2/c1-3-17-14-27(13-16-8-6-5-7-9-16)15-18(17)12-26-23(28)19-10-20(24)21(25)11-22(19)29-4-2/h5-11,17-18H,3-4,12-15,25H2,1-2H3,(H,26,28)/t17-,18-/m1/s1. The molecule has 1 heterocycles. The fraction of sp³-hybridized carbons (Fsp3) is 0.435. The predicted molar refractivity (Wildman–Crippen MR) is 118 cm³/mol.